The molecule has 0 radical (unpaired) electrons. The van der Waals surface area contributed by atoms with Crippen molar-refractivity contribution in [1.29, 1.82) is 0 Å². The van der Waals surface area contributed by atoms with E-state index in [9.17, 15) is 5.11 Å². The first-order valence-corrected chi connectivity index (χ1v) is 9.09. The number of phenols is 1. The predicted molar refractivity (Wildman–Crippen MR) is 104 cm³/mol. The van der Waals surface area contributed by atoms with E-state index in [-0.39, 0.29) is 11.0 Å². The van der Waals surface area contributed by atoms with Crippen molar-refractivity contribution >= 4 is 29.1 Å². The van der Waals surface area contributed by atoms with Crippen LogP contribution in [-0.4, -0.2) is 12.2 Å². The fraction of sp³-hybridized carbons (Fsp3) is 0.100. The van der Waals surface area contributed by atoms with Crippen LogP contribution in [0.2, 0.25) is 5.02 Å². The van der Waals surface area contributed by atoms with Crippen molar-refractivity contribution < 1.29 is 9.84 Å². The Morgan fingerprint density at radius 1 is 1.16 bits per heavy atom. The highest BCUT2D eigenvalue weighted by atomic mass is 35.5. The molecule has 0 saturated carbocycles. The second kappa shape index (κ2) is 6.54. The second-order valence-electron chi connectivity index (χ2n) is 5.78. The van der Waals surface area contributed by atoms with Gasteiger partial charge >= 0.3 is 0 Å². The molecule has 2 aromatic carbocycles. The molecule has 2 aromatic rings. The molecule has 4 rings (SSSR count). The largest absolute Gasteiger partial charge is 0.504 e. The van der Waals surface area contributed by atoms with Gasteiger partial charge in [0, 0.05) is 34.1 Å². The van der Waals surface area contributed by atoms with Gasteiger partial charge in [-0.05, 0) is 41.5 Å². The summed E-state index contributed by atoms with van der Waals surface area (Å²) in [5.74, 6) is 0.599. The third-order valence-electron chi connectivity index (χ3n) is 4.20. The smallest absolute Gasteiger partial charge is 0.162 e. The number of hydrogen-bond acceptors (Lipinski definition) is 4. The lowest BCUT2D eigenvalue weighted by molar-refractivity contribution is 0.373. The minimum Gasteiger partial charge on any atom is -0.504 e. The van der Waals surface area contributed by atoms with Crippen molar-refractivity contribution in [3.05, 3.63) is 88.1 Å². The van der Waals surface area contributed by atoms with Crippen LogP contribution in [0.5, 0.6) is 11.5 Å². The zero-order valence-electron chi connectivity index (χ0n) is 13.5. The quantitative estimate of drug-likeness (QED) is 0.758. The van der Waals surface area contributed by atoms with E-state index in [1.54, 1.807) is 13.2 Å². The summed E-state index contributed by atoms with van der Waals surface area (Å²) in [6, 6.07) is 13.3. The number of ether oxygens (including phenoxy) is 1. The molecule has 0 spiro atoms. The minimum absolute atomic E-state index is 0.138. The van der Waals surface area contributed by atoms with Gasteiger partial charge in [0.1, 0.15) is 0 Å². The molecule has 5 heteroatoms. The molecule has 126 valence electrons. The molecule has 3 nitrogen and oxygen atoms in total. The summed E-state index contributed by atoms with van der Waals surface area (Å²) in [4.78, 5) is 3.25. The molecule has 1 unspecified atom stereocenters. The second-order valence-corrected chi connectivity index (χ2v) is 7.40. The Bertz CT molecular complexity index is 902. The highest BCUT2D eigenvalue weighted by molar-refractivity contribution is 8.04. The summed E-state index contributed by atoms with van der Waals surface area (Å²) < 4.78 is 5.20. The van der Waals surface area contributed by atoms with Crippen molar-refractivity contribution in [3.8, 4) is 11.5 Å². The van der Waals surface area contributed by atoms with Gasteiger partial charge in [-0.25, -0.2) is 0 Å². The molecule has 0 amide bonds. The maximum Gasteiger partial charge on any atom is 0.162 e. The predicted octanol–water partition coefficient (Wildman–Crippen LogP) is 5.64. The average molecular weight is 370 g/mol. The lowest BCUT2D eigenvalue weighted by atomic mass is 10.1. The van der Waals surface area contributed by atoms with E-state index in [4.69, 9.17) is 16.3 Å². The van der Waals surface area contributed by atoms with Crippen molar-refractivity contribution in [3.63, 3.8) is 0 Å². The number of methoxy groups -OCH3 is 1. The summed E-state index contributed by atoms with van der Waals surface area (Å²) in [5.41, 5.74) is 3.41. The van der Waals surface area contributed by atoms with Crippen LogP contribution in [0, 0.1) is 0 Å². The van der Waals surface area contributed by atoms with Crippen molar-refractivity contribution in [2.75, 3.05) is 12.0 Å². The topological polar surface area (TPSA) is 32.7 Å². The number of anilines is 1. The first kappa shape index (κ1) is 16.2. The normalized spacial score (nSPS) is 18.6. The number of hydrogen-bond donors (Lipinski definition) is 1. The molecule has 2 heterocycles. The zero-order valence-corrected chi connectivity index (χ0v) is 15.1. The molecule has 0 fully saturated rings. The third-order valence-corrected chi connectivity index (χ3v) is 5.71. The van der Waals surface area contributed by atoms with Gasteiger partial charge in [0.25, 0.3) is 0 Å². The Hall–Kier alpha value is -2.30. The number of benzene rings is 2. The van der Waals surface area contributed by atoms with E-state index >= 15 is 0 Å². The summed E-state index contributed by atoms with van der Waals surface area (Å²) in [6.07, 6.45) is 8.51. The number of thioether (sulfide) groups is 1. The average Bonchev–Trinajstić information content (AvgIpc) is 3.06. The van der Waals surface area contributed by atoms with Crippen LogP contribution in [0.3, 0.4) is 0 Å². The van der Waals surface area contributed by atoms with E-state index in [1.165, 1.54) is 16.0 Å². The molecule has 2 aliphatic rings. The molecule has 0 bridgehead atoms. The van der Waals surface area contributed by atoms with Crippen LogP contribution < -0.4 is 9.64 Å². The monoisotopic (exact) mass is 369 g/mol. The molecular formula is C20H16ClNO2S. The van der Waals surface area contributed by atoms with Crippen LogP contribution in [-0.2, 0) is 0 Å². The maximum absolute atomic E-state index is 9.76. The van der Waals surface area contributed by atoms with Gasteiger partial charge in [-0.15, -0.1) is 11.8 Å². The molecule has 0 aromatic heterocycles. The van der Waals surface area contributed by atoms with Crippen LogP contribution in [0.1, 0.15) is 10.8 Å². The third kappa shape index (κ3) is 3.15. The highest BCUT2D eigenvalue weighted by Crippen LogP contribution is 2.48. The van der Waals surface area contributed by atoms with E-state index in [2.05, 4.69) is 30.5 Å². The van der Waals surface area contributed by atoms with Gasteiger partial charge in [-0.1, -0.05) is 29.8 Å². The molecular weight excluding hydrogens is 354 g/mol. The fourth-order valence-electron chi connectivity index (χ4n) is 2.86. The number of halogens is 1. The van der Waals surface area contributed by atoms with Gasteiger partial charge in [0.2, 0.25) is 0 Å². The Labute approximate surface area is 155 Å². The van der Waals surface area contributed by atoms with Crippen molar-refractivity contribution in [2.24, 2.45) is 0 Å². The maximum atomic E-state index is 9.76. The van der Waals surface area contributed by atoms with Crippen LogP contribution in [0.15, 0.2) is 77.5 Å². The van der Waals surface area contributed by atoms with Gasteiger partial charge in [-0.3, -0.25) is 0 Å². The standard InChI is InChI=1S/C20H16ClNO2S/c1-24-18-11-16(6-7-17(18)23)22-9-8-14-10-19(25-20(14)12-22)13-2-4-15(21)5-3-13/h2-12,19,23H,1H3. The Morgan fingerprint density at radius 3 is 2.72 bits per heavy atom. The Kier molecular flexibility index (Phi) is 4.24. The van der Waals surface area contributed by atoms with Gasteiger partial charge in [0.05, 0.1) is 12.4 Å². The summed E-state index contributed by atoms with van der Waals surface area (Å²) in [6.45, 7) is 0. The molecule has 0 saturated heterocycles. The number of rotatable bonds is 3. The highest BCUT2D eigenvalue weighted by Gasteiger charge is 2.24. The number of phenolic OH excluding ortho intramolecular Hbond substituents is 1. The van der Waals surface area contributed by atoms with E-state index in [0.717, 1.165) is 10.7 Å². The lowest BCUT2D eigenvalue weighted by Gasteiger charge is -2.21. The van der Waals surface area contributed by atoms with E-state index in [0.29, 0.717) is 5.75 Å². The van der Waals surface area contributed by atoms with E-state index < -0.39 is 0 Å². The molecule has 25 heavy (non-hydrogen) atoms. The first-order chi connectivity index (χ1) is 12.1. The van der Waals surface area contributed by atoms with Crippen LogP contribution in [0.25, 0.3) is 0 Å². The van der Waals surface area contributed by atoms with Gasteiger partial charge in [-0.2, -0.15) is 0 Å². The van der Waals surface area contributed by atoms with Crippen molar-refractivity contribution in [1.82, 2.24) is 0 Å². The zero-order chi connectivity index (χ0) is 17.4. The molecule has 1 atom stereocenters. The van der Waals surface area contributed by atoms with Crippen LogP contribution >= 0.6 is 23.4 Å². The van der Waals surface area contributed by atoms with Crippen molar-refractivity contribution in [2.45, 2.75) is 5.25 Å². The first-order valence-electron chi connectivity index (χ1n) is 7.84. The van der Waals surface area contributed by atoms with E-state index in [1.807, 2.05) is 47.1 Å². The molecule has 2 aliphatic heterocycles. The molecule has 1 N–H and O–H groups in total. The number of allylic oxidation sites excluding steroid dienone is 2. The Balaban J connectivity index is 1.59. The molecule has 0 aliphatic carbocycles. The number of aromatic hydroxyl groups is 1. The van der Waals surface area contributed by atoms with Crippen LogP contribution in [0.4, 0.5) is 5.69 Å². The summed E-state index contributed by atoms with van der Waals surface area (Å²) >= 11 is 7.80. The van der Waals surface area contributed by atoms with Gasteiger partial charge < -0.3 is 14.7 Å². The summed E-state index contributed by atoms with van der Waals surface area (Å²) in [7, 11) is 1.55. The number of nitrogens with zero attached hydrogens (tertiary/aromatic N) is 1. The fourth-order valence-corrected chi connectivity index (χ4v) is 4.21. The van der Waals surface area contributed by atoms with Gasteiger partial charge in [0.15, 0.2) is 11.5 Å². The Morgan fingerprint density at radius 2 is 1.96 bits per heavy atom. The summed E-state index contributed by atoms with van der Waals surface area (Å²) in [5, 5.41) is 10.8. The lowest BCUT2D eigenvalue weighted by Crippen LogP contribution is -2.11. The minimum atomic E-state index is 0.138. The number of fused-ring (bicyclic) bond motifs is 1. The SMILES string of the molecule is COc1cc(N2C=CC3=CC(c4ccc(Cl)cc4)SC3=C2)ccc1O.